The Morgan fingerprint density at radius 3 is 2.06 bits per heavy atom. The van der Waals surface area contributed by atoms with Crippen molar-refractivity contribution >= 4 is 0 Å². The molecule has 1 nitrogen and oxygen atoms in total. The average Bonchev–Trinajstić information content (AvgIpc) is 2.29. The van der Waals surface area contributed by atoms with Crippen LogP contribution in [0.15, 0.2) is 42.5 Å². The summed E-state index contributed by atoms with van der Waals surface area (Å²) in [5.74, 6) is 0.308. The zero-order valence-corrected chi connectivity index (χ0v) is 11.5. The molecule has 2 aromatic rings. The summed E-state index contributed by atoms with van der Waals surface area (Å²) in [6, 6.07) is 14.0. The molecule has 0 heterocycles. The van der Waals surface area contributed by atoms with E-state index in [9.17, 15) is 5.11 Å². The molecule has 2 rings (SSSR count). The van der Waals surface area contributed by atoms with Crippen LogP contribution in [0.2, 0.25) is 0 Å². The van der Waals surface area contributed by atoms with Crippen LogP contribution in [0.1, 0.15) is 31.9 Å². The maximum absolute atomic E-state index is 9.38. The maximum Gasteiger partial charge on any atom is 0.115 e. The van der Waals surface area contributed by atoms with E-state index in [2.05, 4.69) is 45.9 Å². The Morgan fingerprint density at radius 1 is 0.889 bits per heavy atom. The Hall–Kier alpha value is -1.76. The quantitative estimate of drug-likeness (QED) is 0.768. The Kier molecular flexibility index (Phi) is 3.16. The lowest BCUT2D eigenvalue weighted by Crippen LogP contribution is -2.13. The fourth-order valence-corrected chi connectivity index (χ4v) is 2.17. The molecular formula is C17H20O. The van der Waals surface area contributed by atoms with Gasteiger partial charge in [-0.3, -0.25) is 0 Å². The second-order valence-electron chi connectivity index (χ2n) is 5.85. The van der Waals surface area contributed by atoms with Crippen LogP contribution in [-0.2, 0) is 5.41 Å². The van der Waals surface area contributed by atoms with Crippen molar-refractivity contribution in [2.24, 2.45) is 0 Å². The van der Waals surface area contributed by atoms with Gasteiger partial charge in [0.2, 0.25) is 0 Å². The first-order chi connectivity index (χ1) is 8.38. The highest BCUT2D eigenvalue weighted by molar-refractivity contribution is 5.69. The summed E-state index contributed by atoms with van der Waals surface area (Å²) in [7, 11) is 0. The summed E-state index contributed by atoms with van der Waals surface area (Å²) in [6.45, 7) is 8.80. The normalized spacial score (nSPS) is 11.6. The van der Waals surface area contributed by atoms with E-state index in [1.54, 1.807) is 12.1 Å². The summed E-state index contributed by atoms with van der Waals surface area (Å²) < 4.78 is 0. The predicted molar refractivity (Wildman–Crippen MR) is 77.0 cm³/mol. The van der Waals surface area contributed by atoms with Gasteiger partial charge in [0.1, 0.15) is 5.75 Å². The van der Waals surface area contributed by atoms with Crippen LogP contribution < -0.4 is 0 Å². The lowest BCUT2D eigenvalue weighted by molar-refractivity contribution is 0.475. The maximum atomic E-state index is 9.38. The molecule has 0 aromatic heterocycles. The second kappa shape index (κ2) is 4.49. The van der Waals surface area contributed by atoms with Crippen molar-refractivity contribution in [2.45, 2.75) is 33.1 Å². The molecule has 0 aliphatic rings. The summed E-state index contributed by atoms with van der Waals surface area (Å²) in [5.41, 5.74) is 5.13. The monoisotopic (exact) mass is 240 g/mol. The molecule has 0 amide bonds. The van der Waals surface area contributed by atoms with Crippen LogP contribution in [0.3, 0.4) is 0 Å². The molecule has 0 aliphatic heterocycles. The van der Waals surface area contributed by atoms with Crippen LogP contribution in [0, 0.1) is 6.92 Å². The standard InChI is InChI=1S/C17H20O/c1-12-5-10-15(16(11-12)17(2,3)4)13-6-8-14(18)9-7-13/h5-11,18H,1-4H3. The fraction of sp³-hybridized carbons (Fsp3) is 0.294. The van der Waals surface area contributed by atoms with Gasteiger partial charge in [0.05, 0.1) is 0 Å². The first-order valence-corrected chi connectivity index (χ1v) is 6.28. The highest BCUT2D eigenvalue weighted by Crippen LogP contribution is 2.34. The molecule has 0 aliphatic carbocycles. The molecule has 94 valence electrons. The van der Waals surface area contributed by atoms with E-state index in [4.69, 9.17) is 0 Å². The molecule has 0 bridgehead atoms. The molecule has 2 aromatic carbocycles. The van der Waals surface area contributed by atoms with Gasteiger partial charge in [-0.1, -0.05) is 56.7 Å². The number of aryl methyl sites for hydroxylation is 1. The van der Waals surface area contributed by atoms with Crippen molar-refractivity contribution in [1.82, 2.24) is 0 Å². The molecule has 0 unspecified atom stereocenters. The van der Waals surface area contributed by atoms with Gasteiger partial charge in [-0.05, 0) is 41.2 Å². The molecule has 1 heteroatoms. The van der Waals surface area contributed by atoms with Gasteiger partial charge in [0.15, 0.2) is 0 Å². The topological polar surface area (TPSA) is 20.2 Å². The van der Waals surface area contributed by atoms with Gasteiger partial charge in [-0.2, -0.15) is 0 Å². The molecule has 18 heavy (non-hydrogen) atoms. The SMILES string of the molecule is Cc1ccc(-c2ccc(O)cc2)c(C(C)(C)C)c1. The number of hydrogen-bond donors (Lipinski definition) is 1. The number of rotatable bonds is 1. The predicted octanol–water partition coefficient (Wildman–Crippen LogP) is 4.67. The molecule has 0 spiro atoms. The van der Waals surface area contributed by atoms with Gasteiger partial charge >= 0.3 is 0 Å². The third-order valence-corrected chi connectivity index (χ3v) is 3.16. The Morgan fingerprint density at radius 2 is 1.50 bits per heavy atom. The van der Waals surface area contributed by atoms with Crippen molar-refractivity contribution in [2.75, 3.05) is 0 Å². The third-order valence-electron chi connectivity index (χ3n) is 3.16. The van der Waals surface area contributed by atoms with Crippen molar-refractivity contribution in [1.29, 1.82) is 0 Å². The number of aromatic hydroxyl groups is 1. The lowest BCUT2D eigenvalue weighted by atomic mass is 9.81. The minimum atomic E-state index is 0.110. The van der Waals surface area contributed by atoms with E-state index in [0.29, 0.717) is 5.75 Å². The van der Waals surface area contributed by atoms with Crippen LogP contribution in [-0.4, -0.2) is 5.11 Å². The van der Waals surface area contributed by atoms with Gasteiger partial charge in [0.25, 0.3) is 0 Å². The van der Waals surface area contributed by atoms with Crippen LogP contribution in [0.4, 0.5) is 0 Å². The van der Waals surface area contributed by atoms with Crippen LogP contribution in [0.25, 0.3) is 11.1 Å². The van der Waals surface area contributed by atoms with E-state index in [1.165, 1.54) is 16.7 Å². The zero-order chi connectivity index (χ0) is 13.3. The van der Waals surface area contributed by atoms with Crippen molar-refractivity contribution < 1.29 is 5.11 Å². The number of phenolic OH excluding ortho intramolecular Hbond substituents is 1. The average molecular weight is 240 g/mol. The fourth-order valence-electron chi connectivity index (χ4n) is 2.17. The number of hydrogen-bond acceptors (Lipinski definition) is 1. The van der Waals surface area contributed by atoms with E-state index >= 15 is 0 Å². The molecule has 0 radical (unpaired) electrons. The molecule has 0 saturated heterocycles. The van der Waals surface area contributed by atoms with Crippen molar-refractivity contribution in [3.05, 3.63) is 53.6 Å². The Balaban J connectivity index is 2.60. The Labute approximate surface area is 109 Å². The lowest BCUT2D eigenvalue weighted by Gasteiger charge is -2.24. The highest BCUT2D eigenvalue weighted by Gasteiger charge is 2.18. The second-order valence-corrected chi connectivity index (χ2v) is 5.85. The van der Waals surface area contributed by atoms with E-state index < -0.39 is 0 Å². The summed E-state index contributed by atoms with van der Waals surface area (Å²) in [5, 5.41) is 9.38. The largest absolute Gasteiger partial charge is 0.508 e. The molecular weight excluding hydrogens is 220 g/mol. The van der Waals surface area contributed by atoms with Gasteiger partial charge in [0, 0.05) is 0 Å². The van der Waals surface area contributed by atoms with Crippen LogP contribution in [0.5, 0.6) is 5.75 Å². The first-order valence-electron chi connectivity index (χ1n) is 6.28. The molecule has 0 fully saturated rings. The van der Waals surface area contributed by atoms with E-state index in [1.807, 2.05) is 12.1 Å². The number of benzene rings is 2. The van der Waals surface area contributed by atoms with Crippen molar-refractivity contribution in [3.8, 4) is 16.9 Å². The first kappa shape index (κ1) is 12.7. The number of phenols is 1. The van der Waals surface area contributed by atoms with Gasteiger partial charge < -0.3 is 5.11 Å². The minimum absolute atomic E-state index is 0.110. The zero-order valence-electron chi connectivity index (χ0n) is 11.5. The third kappa shape index (κ3) is 2.56. The molecule has 0 saturated carbocycles. The van der Waals surface area contributed by atoms with Gasteiger partial charge in [-0.25, -0.2) is 0 Å². The summed E-state index contributed by atoms with van der Waals surface area (Å²) in [6.07, 6.45) is 0. The molecule has 0 atom stereocenters. The Bertz CT molecular complexity index is 545. The van der Waals surface area contributed by atoms with Gasteiger partial charge in [-0.15, -0.1) is 0 Å². The summed E-state index contributed by atoms with van der Waals surface area (Å²) in [4.78, 5) is 0. The van der Waals surface area contributed by atoms with E-state index in [-0.39, 0.29) is 5.41 Å². The van der Waals surface area contributed by atoms with Crippen molar-refractivity contribution in [3.63, 3.8) is 0 Å². The minimum Gasteiger partial charge on any atom is -0.508 e. The smallest absolute Gasteiger partial charge is 0.115 e. The van der Waals surface area contributed by atoms with E-state index in [0.717, 1.165) is 5.56 Å². The highest BCUT2D eigenvalue weighted by atomic mass is 16.3. The molecule has 1 N–H and O–H groups in total. The summed E-state index contributed by atoms with van der Waals surface area (Å²) >= 11 is 0. The van der Waals surface area contributed by atoms with Crippen LogP contribution >= 0.6 is 0 Å².